The van der Waals surface area contributed by atoms with Crippen LogP contribution < -0.4 is 5.32 Å². The Morgan fingerprint density at radius 2 is 1.82 bits per heavy atom. The van der Waals surface area contributed by atoms with E-state index in [2.05, 4.69) is 21.8 Å². The molecule has 4 rings (SSSR count). The molecule has 1 atom stereocenters. The number of pyridine rings is 1. The van der Waals surface area contributed by atoms with Gasteiger partial charge in [-0.05, 0) is 54.4 Å². The van der Waals surface area contributed by atoms with Gasteiger partial charge in [0, 0.05) is 17.3 Å². The molecular formula is C22H20ClFN4. The average Bonchev–Trinajstić information content (AvgIpc) is 3.06. The summed E-state index contributed by atoms with van der Waals surface area (Å²) in [5.41, 5.74) is 3.82. The molecule has 0 amide bonds. The fraction of sp³-hybridized carbons (Fsp3) is 0.182. The molecule has 0 fully saturated rings. The zero-order valence-electron chi connectivity index (χ0n) is 15.4. The second-order valence-corrected chi connectivity index (χ2v) is 7.18. The van der Waals surface area contributed by atoms with E-state index in [1.165, 1.54) is 12.1 Å². The standard InChI is InChI=1S/C22H20ClFN4/c1-15(17-6-8-18(23)9-7-17)26-13-21-27-20-3-2-12-25-22(20)28(21)14-16-4-10-19(24)11-5-16/h2-12,15,26H,13-14H2,1H3. The van der Waals surface area contributed by atoms with Crippen molar-refractivity contribution in [3.63, 3.8) is 0 Å². The van der Waals surface area contributed by atoms with Crippen molar-refractivity contribution >= 4 is 22.8 Å². The van der Waals surface area contributed by atoms with Gasteiger partial charge in [0.25, 0.3) is 0 Å². The van der Waals surface area contributed by atoms with E-state index in [9.17, 15) is 4.39 Å². The Balaban J connectivity index is 1.59. The minimum atomic E-state index is -0.240. The van der Waals surface area contributed by atoms with Crippen molar-refractivity contribution in [3.8, 4) is 0 Å². The summed E-state index contributed by atoms with van der Waals surface area (Å²) in [7, 11) is 0. The summed E-state index contributed by atoms with van der Waals surface area (Å²) >= 11 is 5.98. The van der Waals surface area contributed by atoms with Gasteiger partial charge < -0.3 is 9.88 Å². The zero-order chi connectivity index (χ0) is 19.5. The summed E-state index contributed by atoms with van der Waals surface area (Å²) in [4.78, 5) is 9.24. The van der Waals surface area contributed by atoms with Crippen LogP contribution in [0.25, 0.3) is 11.2 Å². The largest absolute Gasteiger partial charge is 0.307 e. The molecule has 0 saturated carbocycles. The average molecular weight is 395 g/mol. The molecule has 2 aromatic carbocycles. The lowest BCUT2D eigenvalue weighted by molar-refractivity contribution is 0.545. The summed E-state index contributed by atoms with van der Waals surface area (Å²) in [6.45, 7) is 3.27. The zero-order valence-corrected chi connectivity index (χ0v) is 16.2. The van der Waals surface area contributed by atoms with Crippen LogP contribution in [-0.2, 0) is 13.1 Å². The highest BCUT2D eigenvalue weighted by Crippen LogP contribution is 2.19. The molecule has 4 aromatic rings. The summed E-state index contributed by atoms with van der Waals surface area (Å²) in [6.07, 6.45) is 1.76. The van der Waals surface area contributed by atoms with Gasteiger partial charge in [-0.1, -0.05) is 35.9 Å². The fourth-order valence-electron chi connectivity index (χ4n) is 3.19. The minimum Gasteiger partial charge on any atom is -0.307 e. The van der Waals surface area contributed by atoms with Crippen molar-refractivity contribution in [3.05, 3.63) is 94.7 Å². The minimum absolute atomic E-state index is 0.143. The van der Waals surface area contributed by atoms with E-state index < -0.39 is 0 Å². The number of hydrogen-bond acceptors (Lipinski definition) is 3. The Labute approximate surface area is 168 Å². The number of imidazole rings is 1. The maximum Gasteiger partial charge on any atom is 0.160 e. The van der Waals surface area contributed by atoms with Crippen molar-refractivity contribution < 1.29 is 4.39 Å². The maximum absolute atomic E-state index is 13.2. The summed E-state index contributed by atoms with van der Waals surface area (Å²) in [5, 5.41) is 4.24. The third kappa shape index (κ3) is 4.06. The molecule has 0 aliphatic rings. The number of hydrogen-bond donors (Lipinski definition) is 1. The first-order chi connectivity index (χ1) is 13.6. The van der Waals surface area contributed by atoms with E-state index in [4.69, 9.17) is 16.6 Å². The van der Waals surface area contributed by atoms with Crippen molar-refractivity contribution in [1.82, 2.24) is 19.9 Å². The summed E-state index contributed by atoms with van der Waals surface area (Å²) in [6, 6.07) is 18.3. The molecule has 0 spiro atoms. The highest BCUT2D eigenvalue weighted by atomic mass is 35.5. The lowest BCUT2D eigenvalue weighted by atomic mass is 10.1. The summed E-state index contributed by atoms with van der Waals surface area (Å²) < 4.78 is 15.3. The first-order valence-electron chi connectivity index (χ1n) is 9.13. The second-order valence-electron chi connectivity index (χ2n) is 6.74. The number of halogens is 2. The normalized spacial score (nSPS) is 12.4. The van der Waals surface area contributed by atoms with Gasteiger partial charge in [0.15, 0.2) is 5.65 Å². The van der Waals surface area contributed by atoms with Crippen LogP contribution in [0.15, 0.2) is 66.9 Å². The van der Waals surface area contributed by atoms with Gasteiger partial charge in [0.2, 0.25) is 0 Å². The SMILES string of the molecule is CC(NCc1nc2cccnc2n1Cc1ccc(F)cc1)c1ccc(Cl)cc1. The Morgan fingerprint density at radius 1 is 1.07 bits per heavy atom. The first kappa shape index (κ1) is 18.6. The molecule has 28 heavy (non-hydrogen) atoms. The highest BCUT2D eigenvalue weighted by Gasteiger charge is 2.14. The highest BCUT2D eigenvalue weighted by molar-refractivity contribution is 6.30. The lowest BCUT2D eigenvalue weighted by Crippen LogP contribution is -2.21. The van der Waals surface area contributed by atoms with E-state index >= 15 is 0 Å². The number of rotatable bonds is 6. The van der Waals surface area contributed by atoms with Gasteiger partial charge in [-0.15, -0.1) is 0 Å². The number of aromatic nitrogens is 3. The van der Waals surface area contributed by atoms with Crippen LogP contribution in [-0.4, -0.2) is 14.5 Å². The quantitative estimate of drug-likeness (QED) is 0.493. The Kier molecular flexibility index (Phi) is 5.37. The Bertz CT molecular complexity index is 1070. The fourth-order valence-corrected chi connectivity index (χ4v) is 3.32. The molecule has 1 N–H and O–H groups in total. The smallest absolute Gasteiger partial charge is 0.160 e. The second kappa shape index (κ2) is 8.09. The molecule has 2 aromatic heterocycles. The van der Waals surface area contributed by atoms with Crippen molar-refractivity contribution in [2.24, 2.45) is 0 Å². The predicted molar refractivity (Wildman–Crippen MR) is 110 cm³/mol. The molecular weight excluding hydrogens is 375 g/mol. The van der Waals surface area contributed by atoms with Crippen LogP contribution >= 0.6 is 11.6 Å². The van der Waals surface area contributed by atoms with Crippen LogP contribution in [0.3, 0.4) is 0 Å². The molecule has 2 heterocycles. The Hall–Kier alpha value is -2.76. The first-order valence-corrected chi connectivity index (χ1v) is 9.51. The molecule has 0 bridgehead atoms. The maximum atomic E-state index is 13.2. The monoisotopic (exact) mass is 394 g/mol. The van der Waals surface area contributed by atoms with E-state index in [-0.39, 0.29) is 11.9 Å². The van der Waals surface area contributed by atoms with Gasteiger partial charge in [-0.3, -0.25) is 0 Å². The molecule has 0 radical (unpaired) electrons. The summed E-state index contributed by atoms with van der Waals surface area (Å²) in [5.74, 6) is 0.648. The van der Waals surface area contributed by atoms with Gasteiger partial charge >= 0.3 is 0 Å². The third-order valence-electron chi connectivity index (χ3n) is 4.77. The topological polar surface area (TPSA) is 42.7 Å². The number of benzene rings is 2. The third-order valence-corrected chi connectivity index (χ3v) is 5.03. The van der Waals surface area contributed by atoms with Crippen LogP contribution in [0.5, 0.6) is 0 Å². The predicted octanol–water partition coefficient (Wildman–Crippen LogP) is 5.12. The molecule has 0 aliphatic heterocycles. The molecule has 6 heteroatoms. The van der Waals surface area contributed by atoms with E-state index in [1.807, 2.05) is 36.4 Å². The van der Waals surface area contributed by atoms with Crippen molar-refractivity contribution in [2.75, 3.05) is 0 Å². The van der Waals surface area contributed by atoms with Crippen LogP contribution in [0.4, 0.5) is 4.39 Å². The van der Waals surface area contributed by atoms with Crippen molar-refractivity contribution in [1.29, 1.82) is 0 Å². The molecule has 142 valence electrons. The number of nitrogens with one attached hydrogen (secondary N) is 1. The van der Waals surface area contributed by atoms with Crippen molar-refractivity contribution in [2.45, 2.75) is 26.1 Å². The van der Waals surface area contributed by atoms with E-state index in [1.54, 1.807) is 18.3 Å². The number of nitrogens with zero attached hydrogens (tertiary/aromatic N) is 3. The van der Waals surface area contributed by atoms with Crippen LogP contribution in [0.1, 0.15) is 29.9 Å². The van der Waals surface area contributed by atoms with Crippen LogP contribution in [0, 0.1) is 5.82 Å². The van der Waals surface area contributed by atoms with E-state index in [0.717, 1.165) is 33.1 Å². The van der Waals surface area contributed by atoms with Gasteiger partial charge in [-0.25, -0.2) is 14.4 Å². The molecule has 0 saturated heterocycles. The van der Waals surface area contributed by atoms with Crippen LogP contribution in [0.2, 0.25) is 5.02 Å². The van der Waals surface area contributed by atoms with Gasteiger partial charge in [-0.2, -0.15) is 0 Å². The molecule has 0 aliphatic carbocycles. The number of fused-ring (bicyclic) bond motifs is 1. The van der Waals surface area contributed by atoms with E-state index in [0.29, 0.717) is 13.1 Å². The lowest BCUT2D eigenvalue weighted by Gasteiger charge is -2.15. The Morgan fingerprint density at radius 3 is 2.57 bits per heavy atom. The van der Waals surface area contributed by atoms with Gasteiger partial charge in [0.05, 0.1) is 13.1 Å². The molecule has 1 unspecified atom stereocenters. The van der Waals surface area contributed by atoms with Gasteiger partial charge in [0.1, 0.15) is 17.2 Å². The molecule has 4 nitrogen and oxygen atoms in total.